The molecule has 1 amide bonds. The van der Waals surface area contributed by atoms with Gasteiger partial charge in [-0.05, 0) is 114 Å². The Hall–Kier alpha value is -2.88. The molecule has 368 valence electrons. The first-order chi connectivity index (χ1) is 30.7. The average molecular weight is 914 g/mol. The summed E-state index contributed by atoms with van der Waals surface area (Å²) in [6.45, 7) is 15.3. The number of nitrogens with zero attached hydrogens (tertiary/aromatic N) is 1. The van der Waals surface area contributed by atoms with Gasteiger partial charge in [-0.3, -0.25) is 19.2 Å². The normalized spacial score (nSPS) is 39.9. The summed E-state index contributed by atoms with van der Waals surface area (Å²) in [6.07, 6.45) is 13.1. The van der Waals surface area contributed by atoms with Crippen molar-refractivity contribution in [1.29, 1.82) is 0 Å². The summed E-state index contributed by atoms with van der Waals surface area (Å²) >= 11 is 0. The quantitative estimate of drug-likeness (QED) is 0.232. The van der Waals surface area contributed by atoms with E-state index >= 15 is 0 Å². The van der Waals surface area contributed by atoms with Crippen molar-refractivity contribution in [3.8, 4) is 0 Å². The fraction of sp³-hybridized carbons (Fsp3) is 0.769. The number of aliphatic hydroxyl groups is 3. The molecule has 0 spiro atoms. The lowest BCUT2D eigenvalue weighted by molar-refractivity contribution is -0.265. The second-order valence-electron chi connectivity index (χ2n) is 20.1. The number of hydrogen-bond acceptors (Lipinski definition) is 12. The molecule has 16 atom stereocenters. The second-order valence-corrected chi connectivity index (χ2v) is 20.1. The minimum atomic E-state index is -2.32. The van der Waals surface area contributed by atoms with Gasteiger partial charge < -0.3 is 43.9 Å². The number of ketones is 3. The van der Waals surface area contributed by atoms with E-state index in [4.69, 9.17) is 23.7 Å². The molecule has 4 rings (SSSR count). The molecule has 13 nitrogen and oxygen atoms in total. The van der Waals surface area contributed by atoms with Crippen molar-refractivity contribution in [2.45, 2.75) is 193 Å². The monoisotopic (exact) mass is 914 g/mol. The highest BCUT2D eigenvalue weighted by atomic mass is 16.6. The molecule has 2 bridgehead atoms. The molecule has 3 unspecified atom stereocenters. The summed E-state index contributed by atoms with van der Waals surface area (Å²) in [5, 5.41) is 34.0. The Kier molecular flexibility index (Phi) is 21.4. The van der Waals surface area contributed by atoms with Crippen LogP contribution in [0.25, 0.3) is 0 Å². The van der Waals surface area contributed by atoms with Gasteiger partial charge in [0.2, 0.25) is 5.79 Å². The summed E-state index contributed by atoms with van der Waals surface area (Å²) in [6, 6.07) is -0.503. The third kappa shape index (κ3) is 14.6. The summed E-state index contributed by atoms with van der Waals surface area (Å²) in [5.41, 5.74) is 1.34. The third-order valence-corrected chi connectivity index (χ3v) is 14.9. The van der Waals surface area contributed by atoms with Crippen molar-refractivity contribution >= 4 is 23.3 Å². The number of carbonyl (C=O) groups excluding carboxylic acids is 4. The predicted molar refractivity (Wildman–Crippen MR) is 250 cm³/mol. The van der Waals surface area contributed by atoms with Crippen LogP contribution in [0, 0.1) is 35.5 Å². The number of methoxy groups -OCH3 is 3. The highest BCUT2D eigenvalue weighted by Gasteiger charge is 2.53. The van der Waals surface area contributed by atoms with Gasteiger partial charge in [-0.25, -0.2) is 0 Å². The maximum absolute atomic E-state index is 14.4. The molecule has 3 heterocycles. The molecule has 2 saturated heterocycles. The number of fused-ring (bicyclic) bond motifs is 3. The first-order valence-electron chi connectivity index (χ1n) is 24.4. The van der Waals surface area contributed by atoms with Crippen molar-refractivity contribution < 1.29 is 58.2 Å². The second kappa shape index (κ2) is 25.5. The highest BCUT2D eigenvalue weighted by molar-refractivity contribution is 6.38. The van der Waals surface area contributed by atoms with Crippen LogP contribution >= 0.6 is 0 Å². The molecular weight excluding hydrogens is 831 g/mol. The number of piperidine rings is 1. The Balaban J connectivity index is 1.70. The van der Waals surface area contributed by atoms with E-state index in [-0.39, 0.29) is 47.9 Å². The van der Waals surface area contributed by atoms with Crippen LogP contribution in [-0.4, -0.2) is 132 Å². The summed E-state index contributed by atoms with van der Waals surface area (Å²) in [7, 11) is 4.63. The van der Waals surface area contributed by atoms with Crippen LogP contribution in [0.1, 0.15) is 132 Å². The number of aliphatic hydroxyl groups excluding tert-OH is 2. The minimum Gasteiger partial charge on any atom is -0.390 e. The molecule has 0 aromatic heterocycles. The lowest BCUT2D eigenvalue weighted by atomic mass is 9.78. The van der Waals surface area contributed by atoms with Gasteiger partial charge in [0.05, 0.1) is 48.8 Å². The molecule has 4 aliphatic rings. The predicted octanol–water partition coefficient (Wildman–Crippen LogP) is 7.04. The van der Waals surface area contributed by atoms with Gasteiger partial charge in [0.1, 0.15) is 6.10 Å². The number of ether oxygens (including phenoxy) is 5. The molecule has 3 fully saturated rings. The summed E-state index contributed by atoms with van der Waals surface area (Å²) in [5.74, 6) is -5.97. The van der Waals surface area contributed by atoms with Crippen LogP contribution in [0.3, 0.4) is 0 Å². The van der Waals surface area contributed by atoms with Gasteiger partial charge in [0, 0.05) is 58.5 Å². The molecular formula is C52H83NO12. The maximum atomic E-state index is 14.4. The van der Waals surface area contributed by atoms with Gasteiger partial charge >= 0.3 is 0 Å². The Morgan fingerprint density at radius 3 is 2.26 bits per heavy atom. The van der Waals surface area contributed by atoms with Crippen molar-refractivity contribution in [3.05, 3.63) is 47.6 Å². The maximum Gasteiger partial charge on any atom is 0.296 e. The van der Waals surface area contributed by atoms with Gasteiger partial charge in [0.25, 0.3) is 11.7 Å². The minimum absolute atomic E-state index is 0.0210. The molecule has 0 aromatic carbocycles. The molecule has 1 saturated carbocycles. The van der Waals surface area contributed by atoms with Crippen LogP contribution in [0.5, 0.6) is 0 Å². The van der Waals surface area contributed by atoms with Crippen LogP contribution in [0.15, 0.2) is 47.6 Å². The SMILES string of the molecule is CO[C@H]1C[C@@H]2CC[C@@H](C)[C@@](O)(O2)C(=O)C(=O)N2CCCC[C@H]2C(C)OC([C@H](C)C[C@@H]2CC[C@@H](O)[C@H](OC)C2)CC(=O)/C(C)=C/C(C)[C@@H](O)[C@@H](OC)C(=O)[C@H](C)C[C@H](C)C=CC=CC=C1C. The lowest BCUT2D eigenvalue weighted by Crippen LogP contribution is -2.61. The van der Waals surface area contributed by atoms with Crippen molar-refractivity contribution in [1.82, 2.24) is 4.90 Å². The van der Waals surface area contributed by atoms with Gasteiger partial charge in [0.15, 0.2) is 11.6 Å². The van der Waals surface area contributed by atoms with Gasteiger partial charge in [-0.1, -0.05) is 71.1 Å². The van der Waals surface area contributed by atoms with Crippen molar-refractivity contribution in [2.24, 2.45) is 35.5 Å². The summed E-state index contributed by atoms with van der Waals surface area (Å²) in [4.78, 5) is 58.1. The smallest absolute Gasteiger partial charge is 0.296 e. The first-order valence-corrected chi connectivity index (χ1v) is 24.4. The first kappa shape index (κ1) is 54.7. The Labute approximate surface area is 389 Å². The lowest BCUT2D eigenvalue weighted by Gasteiger charge is -2.44. The number of hydrogen-bond donors (Lipinski definition) is 3. The standard InChI is InChI=1S/C52H83NO12/c1-31-17-13-12-14-18-32(2)44(61-9)29-40-22-20-37(7)52(60,65-40)50(58)51(59)53-24-16-15-19-41(53)38(8)64-45(34(4)27-39-21-23-42(54)46(28-39)62-10)30-43(55)33(3)26-36(6)48(57)49(63-11)47(56)35(5)25-31/h12-14,17-18,26,31,34-42,44-46,48-49,54,57,60H,15-16,19-25,27-30H2,1-11H3/b14-12?,17-13?,32-18?,33-26+/t31-,34-,35-,36?,37-,38?,39+,40+,41+,42-,44+,45?,46-,48-,49+,52-/m1/s1. The van der Waals surface area contributed by atoms with Crippen LogP contribution in [0.4, 0.5) is 0 Å². The van der Waals surface area contributed by atoms with E-state index in [0.29, 0.717) is 69.9 Å². The Bertz CT molecular complexity index is 1710. The number of amides is 1. The average Bonchev–Trinajstić information content (AvgIpc) is 3.28. The molecule has 1 aliphatic carbocycles. The molecule has 65 heavy (non-hydrogen) atoms. The largest absolute Gasteiger partial charge is 0.390 e. The van der Waals surface area contributed by atoms with E-state index in [2.05, 4.69) is 6.92 Å². The molecule has 3 aliphatic heterocycles. The van der Waals surface area contributed by atoms with Crippen LogP contribution < -0.4 is 0 Å². The van der Waals surface area contributed by atoms with Gasteiger partial charge in [-0.2, -0.15) is 0 Å². The van der Waals surface area contributed by atoms with E-state index in [9.17, 15) is 34.5 Å². The van der Waals surface area contributed by atoms with Crippen molar-refractivity contribution in [2.75, 3.05) is 27.9 Å². The Morgan fingerprint density at radius 1 is 0.862 bits per heavy atom. The highest BCUT2D eigenvalue weighted by Crippen LogP contribution is 2.38. The summed E-state index contributed by atoms with van der Waals surface area (Å²) < 4.78 is 30.2. The number of rotatable bonds is 6. The number of carbonyl (C=O) groups is 4. The van der Waals surface area contributed by atoms with E-state index in [1.165, 1.54) is 12.0 Å². The third-order valence-electron chi connectivity index (χ3n) is 14.9. The zero-order valence-electron chi connectivity index (χ0n) is 41.3. The Morgan fingerprint density at radius 2 is 1.58 bits per heavy atom. The van der Waals surface area contributed by atoms with E-state index in [0.717, 1.165) is 18.4 Å². The molecule has 13 heteroatoms. The topological polar surface area (TPSA) is 178 Å². The van der Waals surface area contributed by atoms with Gasteiger partial charge in [-0.15, -0.1) is 0 Å². The van der Waals surface area contributed by atoms with Crippen LogP contribution in [0.2, 0.25) is 0 Å². The van der Waals surface area contributed by atoms with E-state index in [1.807, 2.05) is 58.1 Å². The number of Topliss-reactive ketones (excluding diaryl/α,β-unsaturated/α-hetero) is 3. The van der Waals surface area contributed by atoms with Crippen molar-refractivity contribution in [3.63, 3.8) is 0 Å². The zero-order chi connectivity index (χ0) is 48.2. The van der Waals surface area contributed by atoms with Crippen LogP contribution in [-0.2, 0) is 42.9 Å². The molecule has 0 aromatic rings. The fourth-order valence-electron chi connectivity index (χ4n) is 10.6. The molecule has 3 N–H and O–H groups in total. The van der Waals surface area contributed by atoms with E-state index in [1.54, 1.807) is 41.1 Å². The number of allylic oxidation sites excluding steroid dienone is 6. The van der Waals surface area contributed by atoms with E-state index < -0.39 is 77.9 Å². The zero-order valence-corrected chi connectivity index (χ0v) is 41.3. The fourth-order valence-corrected chi connectivity index (χ4v) is 10.6. The molecule has 0 radical (unpaired) electrons.